The third-order valence-electron chi connectivity index (χ3n) is 3.18. The molecular weight excluding hydrogens is 302 g/mol. The quantitative estimate of drug-likeness (QED) is 0.902. The smallest absolute Gasteiger partial charge is 0.0692 e. The van der Waals surface area contributed by atoms with E-state index in [1.807, 2.05) is 12.1 Å². The molecule has 2 aromatic carbocycles. The van der Waals surface area contributed by atoms with Crippen molar-refractivity contribution in [3.05, 3.63) is 58.1 Å². The normalized spacial score (nSPS) is 10.5. The summed E-state index contributed by atoms with van der Waals surface area (Å²) in [6.45, 7) is 5.17. The molecule has 100 valence electrons. The van der Waals surface area contributed by atoms with Gasteiger partial charge in [-0.05, 0) is 43.7 Å². The lowest BCUT2D eigenvalue weighted by molar-refractivity contribution is 0.281. The molecule has 0 amide bonds. The second-order valence-corrected chi connectivity index (χ2v) is 5.37. The molecule has 0 spiro atoms. The van der Waals surface area contributed by atoms with Crippen molar-refractivity contribution in [2.75, 3.05) is 11.4 Å². The van der Waals surface area contributed by atoms with E-state index in [-0.39, 0.29) is 6.61 Å². The van der Waals surface area contributed by atoms with Gasteiger partial charge in [-0.15, -0.1) is 0 Å². The lowest BCUT2D eigenvalue weighted by atomic mass is 10.1. The molecule has 3 heteroatoms. The van der Waals surface area contributed by atoms with Crippen LogP contribution in [0.1, 0.15) is 18.1 Å². The molecule has 0 saturated heterocycles. The fourth-order valence-electron chi connectivity index (χ4n) is 2.07. The first-order valence-corrected chi connectivity index (χ1v) is 7.18. The predicted molar refractivity (Wildman–Crippen MR) is 83.9 cm³/mol. The first kappa shape index (κ1) is 14.1. The highest BCUT2D eigenvalue weighted by molar-refractivity contribution is 9.10. The highest BCUT2D eigenvalue weighted by atomic mass is 79.9. The van der Waals surface area contributed by atoms with Gasteiger partial charge in [0.2, 0.25) is 0 Å². The van der Waals surface area contributed by atoms with E-state index in [9.17, 15) is 5.11 Å². The van der Waals surface area contributed by atoms with E-state index in [1.165, 1.54) is 11.3 Å². The van der Waals surface area contributed by atoms with Gasteiger partial charge in [-0.2, -0.15) is 0 Å². The third-order valence-corrected chi connectivity index (χ3v) is 3.92. The molecule has 2 rings (SSSR count). The minimum Gasteiger partial charge on any atom is -0.392 e. The third kappa shape index (κ3) is 3.17. The fourth-order valence-corrected chi connectivity index (χ4v) is 2.56. The van der Waals surface area contributed by atoms with Gasteiger partial charge in [-0.1, -0.05) is 39.7 Å². The zero-order valence-electron chi connectivity index (χ0n) is 11.2. The largest absolute Gasteiger partial charge is 0.392 e. The zero-order valence-corrected chi connectivity index (χ0v) is 12.8. The summed E-state index contributed by atoms with van der Waals surface area (Å²) < 4.78 is 0.943. The Labute approximate surface area is 122 Å². The molecule has 0 radical (unpaired) electrons. The Morgan fingerprint density at radius 1 is 1.05 bits per heavy atom. The van der Waals surface area contributed by atoms with Crippen LogP contribution in [0.3, 0.4) is 0 Å². The van der Waals surface area contributed by atoms with Crippen LogP contribution in [0.4, 0.5) is 11.4 Å². The summed E-state index contributed by atoms with van der Waals surface area (Å²) in [5, 5.41) is 9.21. The van der Waals surface area contributed by atoms with E-state index >= 15 is 0 Å². The average molecular weight is 320 g/mol. The SMILES string of the molecule is CCN(c1ccc(C)cc1)c1ccc(CO)c(Br)c1. The topological polar surface area (TPSA) is 23.5 Å². The van der Waals surface area contributed by atoms with Gasteiger partial charge in [0.05, 0.1) is 6.61 Å². The Bertz CT molecular complexity index is 551. The van der Waals surface area contributed by atoms with Crippen molar-refractivity contribution in [3.63, 3.8) is 0 Å². The number of aliphatic hydroxyl groups is 1. The summed E-state index contributed by atoms with van der Waals surface area (Å²) >= 11 is 3.50. The molecule has 1 N–H and O–H groups in total. The first-order valence-electron chi connectivity index (χ1n) is 6.39. The van der Waals surface area contributed by atoms with Crippen molar-refractivity contribution < 1.29 is 5.11 Å². The van der Waals surface area contributed by atoms with Gasteiger partial charge in [0.15, 0.2) is 0 Å². The number of halogens is 1. The highest BCUT2D eigenvalue weighted by Gasteiger charge is 2.09. The summed E-state index contributed by atoms with van der Waals surface area (Å²) in [7, 11) is 0. The molecule has 0 bridgehead atoms. The molecule has 0 aliphatic carbocycles. The molecule has 0 unspecified atom stereocenters. The van der Waals surface area contributed by atoms with Gasteiger partial charge in [-0.25, -0.2) is 0 Å². The molecule has 0 atom stereocenters. The summed E-state index contributed by atoms with van der Waals surface area (Å²) in [4.78, 5) is 2.24. The van der Waals surface area contributed by atoms with E-state index in [2.05, 4.69) is 65.0 Å². The van der Waals surface area contributed by atoms with Crippen molar-refractivity contribution in [1.29, 1.82) is 0 Å². The van der Waals surface area contributed by atoms with Crippen LogP contribution in [0.15, 0.2) is 46.9 Å². The van der Waals surface area contributed by atoms with E-state index in [0.717, 1.165) is 22.3 Å². The van der Waals surface area contributed by atoms with Crippen molar-refractivity contribution in [1.82, 2.24) is 0 Å². The predicted octanol–water partition coefficient (Wildman–Crippen LogP) is 4.41. The van der Waals surface area contributed by atoms with E-state index in [1.54, 1.807) is 0 Å². The van der Waals surface area contributed by atoms with Crippen LogP contribution in [0.2, 0.25) is 0 Å². The maximum absolute atomic E-state index is 9.21. The molecule has 0 aliphatic rings. The summed E-state index contributed by atoms with van der Waals surface area (Å²) in [6.07, 6.45) is 0. The molecule has 0 saturated carbocycles. The van der Waals surface area contributed by atoms with Crippen LogP contribution in [-0.2, 0) is 6.61 Å². The van der Waals surface area contributed by atoms with Crippen LogP contribution in [0, 0.1) is 6.92 Å². The molecule has 19 heavy (non-hydrogen) atoms. The maximum atomic E-state index is 9.21. The molecule has 0 heterocycles. The summed E-state index contributed by atoms with van der Waals surface area (Å²) in [5.74, 6) is 0. The van der Waals surface area contributed by atoms with Crippen molar-refractivity contribution >= 4 is 27.3 Å². The van der Waals surface area contributed by atoms with Gasteiger partial charge in [0.25, 0.3) is 0 Å². The molecule has 2 aromatic rings. The van der Waals surface area contributed by atoms with E-state index < -0.39 is 0 Å². The number of hydrogen-bond acceptors (Lipinski definition) is 2. The van der Waals surface area contributed by atoms with Gasteiger partial charge in [-0.3, -0.25) is 0 Å². The number of anilines is 2. The number of rotatable bonds is 4. The van der Waals surface area contributed by atoms with Crippen LogP contribution < -0.4 is 4.90 Å². The van der Waals surface area contributed by atoms with Crippen molar-refractivity contribution in [3.8, 4) is 0 Å². The Morgan fingerprint density at radius 2 is 1.68 bits per heavy atom. The van der Waals surface area contributed by atoms with Gasteiger partial charge >= 0.3 is 0 Å². The number of nitrogens with zero attached hydrogens (tertiary/aromatic N) is 1. The Kier molecular flexibility index (Phi) is 4.61. The first-order chi connectivity index (χ1) is 9.15. The zero-order chi connectivity index (χ0) is 13.8. The summed E-state index contributed by atoms with van der Waals surface area (Å²) in [5.41, 5.74) is 4.47. The number of aliphatic hydroxyl groups excluding tert-OH is 1. The van der Waals surface area contributed by atoms with Gasteiger partial charge < -0.3 is 10.0 Å². The van der Waals surface area contributed by atoms with E-state index in [4.69, 9.17) is 0 Å². The van der Waals surface area contributed by atoms with Crippen LogP contribution in [0.25, 0.3) is 0 Å². The van der Waals surface area contributed by atoms with Crippen LogP contribution in [0.5, 0.6) is 0 Å². The van der Waals surface area contributed by atoms with Crippen molar-refractivity contribution in [2.24, 2.45) is 0 Å². The average Bonchev–Trinajstić information content (AvgIpc) is 2.42. The minimum atomic E-state index is 0.0531. The lowest BCUT2D eigenvalue weighted by Crippen LogP contribution is -2.16. The minimum absolute atomic E-state index is 0.0531. The second kappa shape index (κ2) is 6.22. The van der Waals surface area contributed by atoms with Gasteiger partial charge in [0, 0.05) is 22.4 Å². The number of aryl methyl sites for hydroxylation is 1. The monoisotopic (exact) mass is 319 g/mol. The second-order valence-electron chi connectivity index (χ2n) is 4.51. The van der Waals surface area contributed by atoms with Gasteiger partial charge in [0.1, 0.15) is 0 Å². The molecule has 0 aromatic heterocycles. The Morgan fingerprint density at radius 3 is 2.21 bits per heavy atom. The Balaban J connectivity index is 2.36. The fraction of sp³-hybridized carbons (Fsp3) is 0.250. The lowest BCUT2D eigenvalue weighted by Gasteiger charge is -2.24. The molecular formula is C16H18BrNO. The Hall–Kier alpha value is -1.32. The van der Waals surface area contributed by atoms with E-state index in [0.29, 0.717) is 0 Å². The van der Waals surface area contributed by atoms with Crippen LogP contribution >= 0.6 is 15.9 Å². The molecule has 0 fully saturated rings. The maximum Gasteiger partial charge on any atom is 0.0692 e. The highest BCUT2D eigenvalue weighted by Crippen LogP contribution is 2.29. The number of hydrogen-bond donors (Lipinski definition) is 1. The molecule has 2 nitrogen and oxygen atoms in total. The van der Waals surface area contributed by atoms with Crippen molar-refractivity contribution in [2.45, 2.75) is 20.5 Å². The standard InChI is InChI=1S/C16H18BrNO/c1-3-18(14-7-4-12(2)5-8-14)15-9-6-13(11-19)16(17)10-15/h4-10,19H,3,11H2,1-2H3. The summed E-state index contributed by atoms with van der Waals surface area (Å²) in [6, 6.07) is 14.6. The van der Waals surface area contributed by atoms with Crippen LogP contribution in [-0.4, -0.2) is 11.7 Å². The number of benzene rings is 2. The molecule has 0 aliphatic heterocycles.